The van der Waals surface area contributed by atoms with Gasteiger partial charge in [0, 0.05) is 38.4 Å². The highest BCUT2D eigenvalue weighted by atomic mass is 16.5. The molecule has 114 valence electrons. The number of nitrogens with zero attached hydrogens (tertiary/aromatic N) is 1. The highest BCUT2D eigenvalue weighted by Crippen LogP contribution is 2.28. The van der Waals surface area contributed by atoms with Gasteiger partial charge in [-0.05, 0) is 38.1 Å². The van der Waals surface area contributed by atoms with Crippen molar-refractivity contribution in [3.8, 4) is 0 Å². The number of methoxy groups -OCH3 is 1. The van der Waals surface area contributed by atoms with Crippen LogP contribution in [0.4, 0.5) is 0 Å². The fourth-order valence-corrected chi connectivity index (χ4v) is 3.20. The third-order valence-corrected chi connectivity index (χ3v) is 4.93. The molecule has 3 nitrogen and oxygen atoms in total. The van der Waals surface area contributed by atoms with E-state index in [0.29, 0.717) is 17.5 Å². The van der Waals surface area contributed by atoms with E-state index in [1.165, 1.54) is 38.8 Å². The Bertz CT molecular complexity index is 239. The van der Waals surface area contributed by atoms with E-state index >= 15 is 0 Å². The monoisotopic (exact) mass is 270 g/mol. The summed E-state index contributed by atoms with van der Waals surface area (Å²) in [6, 6.07) is 0.647. The van der Waals surface area contributed by atoms with Crippen molar-refractivity contribution in [3.63, 3.8) is 0 Å². The third-order valence-electron chi connectivity index (χ3n) is 4.93. The van der Waals surface area contributed by atoms with Crippen LogP contribution in [-0.4, -0.2) is 49.8 Å². The second-order valence-corrected chi connectivity index (χ2v) is 6.31. The van der Waals surface area contributed by atoms with Gasteiger partial charge in [-0.1, -0.05) is 27.7 Å². The molecule has 0 aromatic heterocycles. The standard InChI is InChI=1S/C16H34N2O/c1-6-16(7-2)13-17-15(14(3)4)12-18(16)10-8-9-11-19-5/h14-15,17H,6-13H2,1-5H3. The van der Waals surface area contributed by atoms with E-state index in [1.54, 1.807) is 7.11 Å². The molecule has 0 radical (unpaired) electrons. The first-order valence-corrected chi connectivity index (χ1v) is 8.07. The highest BCUT2D eigenvalue weighted by molar-refractivity contribution is 4.98. The van der Waals surface area contributed by atoms with Crippen LogP contribution in [-0.2, 0) is 4.74 Å². The Morgan fingerprint density at radius 1 is 1.26 bits per heavy atom. The van der Waals surface area contributed by atoms with Crippen LogP contribution in [0.5, 0.6) is 0 Å². The van der Waals surface area contributed by atoms with Gasteiger partial charge in [0.15, 0.2) is 0 Å². The minimum Gasteiger partial charge on any atom is -0.385 e. The minimum absolute atomic E-state index is 0.373. The number of unbranched alkanes of at least 4 members (excludes halogenated alkanes) is 1. The van der Waals surface area contributed by atoms with Gasteiger partial charge < -0.3 is 10.1 Å². The largest absolute Gasteiger partial charge is 0.385 e. The Labute approximate surface area is 120 Å². The normalized spacial score (nSPS) is 24.0. The van der Waals surface area contributed by atoms with Crippen LogP contribution in [0.25, 0.3) is 0 Å². The molecule has 0 spiro atoms. The molecule has 3 heteroatoms. The van der Waals surface area contributed by atoms with Gasteiger partial charge in [-0.3, -0.25) is 4.90 Å². The van der Waals surface area contributed by atoms with Crippen molar-refractivity contribution in [2.24, 2.45) is 5.92 Å². The molecule has 1 rings (SSSR count). The summed E-state index contributed by atoms with van der Waals surface area (Å²) in [7, 11) is 1.79. The van der Waals surface area contributed by atoms with Gasteiger partial charge in [0.05, 0.1) is 0 Å². The van der Waals surface area contributed by atoms with E-state index < -0.39 is 0 Å². The molecule has 1 fully saturated rings. The van der Waals surface area contributed by atoms with Gasteiger partial charge in [0.2, 0.25) is 0 Å². The molecule has 1 aliphatic heterocycles. The molecule has 1 saturated heterocycles. The van der Waals surface area contributed by atoms with Crippen molar-refractivity contribution >= 4 is 0 Å². The average Bonchev–Trinajstić information content (AvgIpc) is 2.43. The van der Waals surface area contributed by atoms with Crippen molar-refractivity contribution in [3.05, 3.63) is 0 Å². The molecule has 1 N–H and O–H groups in total. The molecule has 0 saturated carbocycles. The number of piperazine rings is 1. The summed E-state index contributed by atoms with van der Waals surface area (Å²) in [6.07, 6.45) is 4.91. The van der Waals surface area contributed by atoms with Gasteiger partial charge in [-0.15, -0.1) is 0 Å². The lowest BCUT2D eigenvalue weighted by Gasteiger charge is -2.50. The second kappa shape index (κ2) is 8.23. The molecule has 0 bridgehead atoms. The molecular weight excluding hydrogens is 236 g/mol. The molecule has 1 heterocycles. The fraction of sp³-hybridized carbons (Fsp3) is 1.00. The van der Waals surface area contributed by atoms with Crippen molar-refractivity contribution in [2.45, 2.75) is 65.0 Å². The molecule has 1 atom stereocenters. The van der Waals surface area contributed by atoms with E-state index in [2.05, 4.69) is 37.9 Å². The maximum atomic E-state index is 5.16. The van der Waals surface area contributed by atoms with Crippen LogP contribution < -0.4 is 5.32 Å². The first kappa shape index (κ1) is 16.9. The predicted molar refractivity (Wildman–Crippen MR) is 82.6 cm³/mol. The Balaban J connectivity index is 2.60. The topological polar surface area (TPSA) is 24.5 Å². The van der Waals surface area contributed by atoms with Crippen LogP contribution in [0.2, 0.25) is 0 Å². The molecule has 0 aliphatic carbocycles. The molecule has 1 aliphatic rings. The average molecular weight is 270 g/mol. The van der Waals surface area contributed by atoms with Crippen molar-refractivity contribution in [1.29, 1.82) is 0 Å². The van der Waals surface area contributed by atoms with E-state index in [-0.39, 0.29) is 0 Å². The SMILES string of the molecule is CCC1(CC)CNC(C(C)C)CN1CCCCOC. The Kier molecular flexibility index (Phi) is 7.33. The van der Waals surface area contributed by atoms with Crippen LogP contribution in [0.3, 0.4) is 0 Å². The summed E-state index contributed by atoms with van der Waals surface area (Å²) in [4.78, 5) is 2.75. The van der Waals surface area contributed by atoms with Gasteiger partial charge in [-0.25, -0.2) is 0 Å². The van der Waals surface area contributed by atoms with Gasteiger partial charge in [-0.2, -0.15) is 0 Å². The minimum atomic E-state index is 0.373. The zero-order valence-corrected chi connectivity index (χ0v) is 13.7. The lowest BCUT2D eigenvalue weighted by atomic mass is 9.85. The van der Waals surface area contributed by atoms with Crippen LogP contribution >= 0.6 is 0 Å². The fourth-order valence-electron chi connectivity index (χ4n) is 3.20. The highest BCUT2D eigenvalue weighted by Gasteiger charge is 2.38. The Morgan fingerprint density at radius 3 is 2.47 bits per heavy atom. The molecular formula is C16H34N2O. The Hall–Kier alpha value is -0.120. The number of nitrogens with one attached hydrogen (secondary N) is 1. The molecule has 0 aromatic carbocycles. The summed E-state index contributed by atoms with van der Waals surface area (Å²) < 4.78 is 5.16. The van der Waals surface area contributed by atoms with Crippen molar-refractivity contribution in [2.75, 3.05) is 33.4 Å². The quantitative estimate of drug-likeness (QED) is 0.686. The predicted octanol–water partition coefficient (Wildman–Crippen LogP) is 2.90. The maximum absolute atomic E-state index is 5.16. The van der Waals surface area contributed by atoms with E-state index in [9.17, 15) is 0 Å². The summed E-state index contributed by atoms with van der Waals surface area (Å²) in [5.41, 5.74) is 0.373. The van der Waals surface area contributed by atoms with Crippen molar-refractivity contribution < 1.29 is 4.74 Å². The number of hydrogen-bond acceptors (Lipinski definition) is 3. The zero-order valence-electron chi connectivity index (χ0n) is 13.7. The lowest BCUT2D eigenvalue weighted by molar-refractivity contribution is 0.0198. The van der Waals surface area contributed by atoms with Gasteiger partial charge in [0.1, 0.15) is 0 Å². The van der Waals surface area contributed by atoms with Crippen LogP contribution in [0.1, 0.15) is 53.4 Å². The van der Waals surface area contributed by atoms with E-state index in [0.717, 1.165) is 13.2 Å². The molecule has 0 aromatic rings. The first-order chi connectivity index (χ1) is 9.09. The number of ether oxygens (including phenoxy) is 1. The second-order valence-electron chi connectivity index (χ2n) is 6.31. The summed E-state index contributed by atoms with van der Waals surface area (Å²) in [5.74, 6) is 0.716. The van der Waals surface area contributed by atoms with Crippen molar-refractivity contribution in [1.82, 2.24) is 10.2 Å². The summed E-state index contributed by atoms with van der Waals surface area (Å²) in [5, 5.41) is 3.78. The first-order valence-electron chi connectivity index (χ1n) is 8.07. The smallest absolute Gasteiger partial charge is 0.0462 e. The lowest BCUT2D eigenvalue weighted by Crippen LogP contribution is -2.65. The van der Waals surface area contributed by atoms with Crippen LogP contribution in [0, 0.1) is 5.92 Å². The molecule has 0 amide bonds. The zero-order chi connectivity index (χ0) is 14.3. The maximum Gasteiger partial charge on any atom is 0.0462 e. The van der Waals surface area contributed by atoms with Crippen LogP contribution in [0.15, 0.2) is 0 Å². The summed E-state index contributed by atoms with van der Waals surface area (Å²) in [6.45, 7) is 13.8. The van der Waals surface area contributed by atoms with Gasteiger partial charge in [0.25, 0.3) is 0 Å². The molecule has 1 unspecified atom stereocenters. The van der Waals surface area contributed by atoms with E-state index in [1.807, 2.05) is 0 Å². The number of hydrogen-bond donors (Lipinski definition) is 1. The third kappa shape index (κ3) is 4.44. The molecule has 19 heavy (non-hydrogen) atoms. The van der Waals surface area contributed by atoms with Gasteiger partial charge >= 0.3 is 0 Å². The number of rotatable bonds is 8. The summed E-state index contributed by atoms with van der Waals surface area (Å²) >= 11 is 0. The Morgan fingerprint density at radius 2 is 1.95 bits per heavy atom. The van der Waals surface area contributed by atoms with E-state index in [4.69, 9.17) is 4.74 Å².